The summed E-state index contributed by atoms with van der Waals surface area (Å²) in [6.45, 7) is 6.30. The fraction of sp³-hybridized carbons (Fsp3) is 0.320. The summed E-state index contributed by atoms with van der Waals surface area (Å²) in [5.74, 6) is 2.86. The average Bonchev–Trinajstić information content (AvgIpc) is 3.24. The number of nitrogens with one attached hydrogen (secondary N) is 1. The molecule has 2 heterocycles. The fourth-order valence-corrected chi connectivity index (χ4v) is 3.55. The van der Waals surface area contributed by atoms with Crippen molar-refractivity contribution in [1.29, 1.82) is 0 Å². The smallest absolute Gasteiger partial charge is 0.260 e. The molecule has 0 unspecified atom stereocenters. The summed E-state index contributed by atoms with van der Waals surface area (Å²) in [4.78, 5) is 28.5. The first-order chi connectivity index (χ1) is 16.4. The molecule has 0 bridgehead atoms. The van der Waals surface area contributed by atoms with Crippen LogP contribution in [0, 0.1) is 13.8 Å². The van der Waals surface area contributed by atoms with Crippen molar-refractivity contribution in [3.8, 4) is 17.2 Å². The maximum Gasteiger partial charge on any atom is 0.260 e. The molecule has 0 aliphatic carbocycles. The number of carbonyl (C=O) groups excluding carboxylic acids is 2. The van der Waals surface area contributed by atoms with E-state index in [2.05, 4.69) is 10.5 Å². The minimum Gasteiger partial charge on any atom is -0.484 e. The Bertz CT molecular complexity index is 1100. The molecular weight excluding hydrogens is 436 g/mol. The van der Waals surface area contributed by atoms with Crippen LogP contribution < -0.4 is 14.8 Å². The first-order valence-corrected chi connectivity index (χ1v) is 11.2. The van der Waals surface area contributed by atoms with Gasteiger partial charge in [0.25, 0.3) is 5.91 Å². The number of nitrogens with zero attached hydrogens (tertiary/aromatic N) is 3. The Morgan fingerprint density at radius 2 is 1.56 bits per heavy atom. The molecule has 1 N–H and O–H groups in total. The molecule has 0 radical (unpaired) electrons. The van der Waals surface area contributed by atoms with E-state index in [1.807, 2.05) is 48.2 Å². The number of ether oxygens (including phenoxy) is 2. The third-order valence-corrected chi connectivity index (χ3v) is 5.43. The number of aromatic nitrogens is 1. The predicted octanol–water partition coefficient (Wildman–Crippen LogP) is 3.25. The number of piperazine rings is 1. The molecule has 1 aromatic heterocycles. The molecule has 2 aromatic carbocycles. The molecule has 4 rings (SSSR count). The SMILES string of the molecule is Cc1ccc(Oc2ccc(OCC(=O)N3CCN(CC(=O)Nc4cc(C)on4)CC3)cc2)cc1. The molecule has 1 saturated heterocycles. The Morgan fingerprint density at radius 3 is 2.18 bits per heavy atom. The van der Waals surface area contributed by atoms with E-state index < -0.39 is 0 Å². The molecule has 0 atom stereocenters. The van der Waals surface area contributed by atoms with Crippen molar-refractivity contribution in [1.82, 2.24) is 15.0 Å². The summed E-state index contributed by atoms with van der Waals surface area (Å²) in [7, 11) is 0. The van der Waals surface area contributed by atoms with Crippen molar-refractivity contribution < 1.29 is 23.6 Å². The monoisotopic (exact) mass is 464 g/mol. The topological polar surface area (TPSA) is 97.1 Å². The van der Waals surface area contributed by atoms with Crippen LogP contribution in [0.2, 0.25) is 0 Å². The second-order valence-corrected chi connectivity index (χ2v) is 8.20. The van der Waals surface area contributed by atoms with E-state index in [0.717, 1.165) is 5.75 Å². The van der Waals surface area contributed by atoms with Crippen LogP contribution in [0.3, 0.4) is 0 Å². The number of rotatable bonds is 8. The lowest BCUT2D eigenvalue weighted by atomic mass is 10.2. The number of benzene rings is 2. The second kappa shape index (κ2) is 10.8. The minimum absolute atomic E-state index is 0.0375. The average molecular weight is 465 g/mol. The van der Waals surface area contributed by atoms with E-state index in [4.69, 9.17) is 14.0 Å². The summed E-state index contributed by atoms with van der Waals surface area (Å²) in [5.41, 5.74) is 1.17. The quantitative estimate of drug-likeness (QED) is 0.547. The van der Waals surface area contributed by atoms with Gasteiger partial charge in [-0.15, -0.1) is 0 Å². The van der Waals surface area contributed by atoms with Crippen LogP contribution in [-0.2, 0) is 9.59 Å². The highest BCUT2D eigenvalue weighted by atomic mass is 16.5. The van der Waals surface area contributed by atoms with E-state index in [-0.39, 0.29) is 25.0 Å². The molecule has 9 nitrogen and oxygen atoms in total. The number of carbonyl (C=O) groups is 2. The highest BCUT2D eigenvalue weighted by molar-refractivity contribution is 5.91. The lowest BCUT2D eigenvalue weighted by Gasteiger charge is -2.34. The number of hydrogen-bond donors (Lipinski definition) is 1. The number of hydrogen-bond acceptors (Lipinski definition) is 7. The van der Waals surface area contributed by atoms with Crippen LogP contribution in [0.4, 0.5) is 5.82 Å². The van der Waals surface area contributed by atoms with Gasteiger partial charge in [-0.25, -0.2) is 0 Å². The van der Waals surface area contributed by atoms with Crippen molar-refractivity contribution >= 4 is 17.6 Å². The Hall–Kier alpha value is -3.85. The lowest BCUT2D eigenvalue weighted by molar-refractivity contribution is -0.135. The first kappa shape index (κ1) is 23.3. The number of aryl methyl sites for hydroxylation is 2. The van der Waals surface area contributed by atoms with Crippen LogP contribution in [0.1, 0.15) is 11.3 Å². The van der Waals surface area contributed by atoms with Crippen molar-refractivity contribution in [2.75, 3.05) is 44.6 Å². The maximum atomic E-state index is 12.5. The van der Waals surface area contributed by atoms with Gasteiger partial charge in [-0.1, -0.05) is 22.9 Å². The van der Waals surface area contributed by atoms with Gasteiger partial charge in [0.15, 0.2) is 12.4 Å². The molecule has 9 heteroatoms. The Morgan fingerprint density at radius 1 is 0.941 bits per heavy atom. The molecule has 34 heavy (non-hydrogen) atoms. The molecule has 2 amide bonds. The van der Waals surface area contributed by atoms with Gasteiger partial charge in [0.05, 0.1) is 6.54 Å². The molecule has 3 aromatic rings. The van der Waals surface area contributed by atoms with Gasteiger partial charge in [0, 0.05) is 32.2 Å². The Labute approximate surface area is 198 Å². The molecule has 1 aliphatic heterocycles. The van der Waals surface area contributed by atoms with Gasteiger partial charge >= 0.3 is 0 Å². The Kier molecular flexibility index (Phi) is 7.44. The van der Waals surface area contributed by atoms with Gasteiger partial charge in [-0.2, -0.15) is 0 Å². The third kappa shape index (κ3) is 6.58. The summed E-state index contributed by atoms with van der Waals surface area (Å²) in [6, 6.07) is 16.7. The summed E-state index contributed by atoms with van der Waals surface area (Å²) in [6.07, 6.45) is 0. The molecule has 0 spiro atoms. The van der Waals surface area contributed by atoms with E-state index in [1.54, 1.807) is 30.0 Å². The molecular formula is C25H28N4O5. The fourth-order valence-electron chi connectivity index (χ4n) is 3.55. The summed E-state index contributed by atoms with van der Waals surface area (Å²) >= 11 is 0. The van der Waals surface area contributed by atoms with E-state index in [9.17, 15) is 9.59 Å². The van der Waals surface area contributed by atoms with Crippen molar-refractivity contribution in [2.45, 2.75) is 13.8 Å². The van der Waals surface area contributed by atoms with Crippen molar-refractivity contribution in [2.24, 2.45) is 0 Å². The predicted molar refractivity (Wildman–Crippen MR) is 126 cm³/mol. The molecule has 1 fully saturated rings. The van der Waals surface area contributed by atoms with Crippen LogP contribution >= 0.6 is 0 Å². The summed E-state index contributed by atoms with van der Waals surface area (Å²) in [5, 5.41) is 6.46. The maximum absolute atomic E-state index is 12.5. The third-order valence-electron chi connectivity index (χ3n) is 5.43. The molecule has 0 saturated carbocycles. The van der Waals surface area contributed by atoms with Crippen LogP contribution in [0.15, 0.2) is 59.1 Å². The van der Waals surface area contributed by atoms with Gasteiger partial charge in [0.1, 0.15) is 23.0 Å². The summed E-state index contributed by atoms with van der Waals surface area (Å²) < 4.78 is 16.4. The van der Waals surface area contributed by atoms with Crippen LogP contribution in [-0.4, -0.2) is 66.1 Å². The normalized spacial score (nSPS) is 14.0. The highest BCUT2D eigenvalue weighted by Gasteiger charge is 2.23. The van der Waals surface area contributed by atoms with Gasteiger partial charge in [-0.05, 0) is 50.2 Å². The zero-order valence-corrected chi connectivity index (χ0v) is 19.3. The van der Waals surface area contributed by atoms with Crippen LogP contribution in [0.5, 0.6) is 17.2 Å². The van der Waals surface area contributed by atoms with Gasteiger partial charge < -0.3 is 24.2 Å². The first-order valence-electron chi connectivity index (χ1n) is 11.2. The van der Waals surface area contributed by atoms with E-state index >= 15 is 0 Å². The van der Waals surface area contributed by atoms with Gasteiger partial charge in [-0.3, -0.25) is 14.5 Å². The standard InChI is InChI=1S/C25H28N4O5/c1-18-3-5-21(6-4-18)33-22-9-7-20(8-10-22)32-17-25(31)29-13-11-28(12-14-29)16-24(30)26-23-15-19(2)34-27-23/h3-10,15H,11-14,16-17H2,1-2H3,(H,26,27,30). The Balaban J connectivity index is 1.17. The lowest BCUT2D eigenvalue weighted by Crippen LogP contribution is -2.51. The second-order valence-electron chi connectivity index (χ2n) is 8.20. The molecule has 1 aliphatic rings. The minimum atomic E-state index is -0.161. The van der Waals surface area contributed by atoms with Crippen molar-refractivity contribution in [3.63, 3.8) is 0 Å². The number of anilines is 1. The zero-order chi connectivity index (χ0) is 23.9. The zero-order valence-electron chi connectivity index (χ0n) is 19.3. The molecule has 178 valence electrons. The number of amides is 2. The van der Waals surface area contributed by atoms with Crippen molar-refractivity contribution in [3.05, 3.63) is 65.9 Å². The van der Waals surface area contributed by atoms with E-state index in [1.165, 1.54) is 5.56 Å². The van der Waals surface area contributed by atoms with Crippen LogP contribution in [0.25, 0.3) is 0 Å². The largest absolute Gasteiger partial charge is 0.484 e. The van der Waals surface area contributed by atoms with Gasteiger partial charge in [0.2, 0.25) is 5.91 Å². The van der Waals surface area contributed by atoms with E-state index in [0.29, 0.717) is 49.3 Å². The highest BCUT2D eigenvalue weighted by Crippen LogP contribution is 2.24.